The molecule has 6 heteroatoms. The number of carbonyl (C=O) groups is 2. The highest BCUT2D eigenvalue weighted by Gasteiger charge is 2.49. The molecule has 3 fully saturated rings. The maximum atomic E-state index is 11.8. The number of rotatable bonds is 3. The molecule has 0 bridgehead atoms. The van der Waals surface area contributed by atoms with E-state index < -0.39 is 12.0 Å². The molecular weight excluding hydrogens is 296 g/mol. The molecule has 1 atom stereocenters. The van der Waals surface area contributed by atoms with Crippen LogP contribution in [-0.4, -0.2) is 72.2 Å². The van der Waals surface area contributed by atoms with Crippen LogP contribution in [0.4, 0.5) is 0 Å². The number of carbonyl (C=O) groups excluding carboxylic acids is 1. The summed E-state index contributed by atoms with van der Waals surface area (Å²) in [7, 11) is 0. The van der Waals surface area contributed by atoms with Gasteiger partial charge < -0.3 is 19.6 Å². The molecule has 3 saturated heterocycles. The van der Waals surface area contributed by atoms with Crippen molar-refractivity contribution in [2.75, 3.05) is 39.4 Å². The molecule has 3 aliphatic rings. The number of likely N-dealkylation sites (tertiary alicyclic amines) is 2. The number of hydrogen-bond donors (Lipinski definition) is 1. The molecule has 0 unspecified atom stereocenters. The molecule has 23 heavy (non-hydrogen) atoms. The quantitative estimate of drug-likeness (QED) is 0.845. The highest BCUT2D eigenvalue weighted by atomic mass is 16.5. The summed E-state index contributed by atoms with van der Waals surface area (Å²) >= 11 is 0. The second-order valence-electron chi connectivity index (χ2n) is 7.56. The van der Waals surface area contributed by atoms with E-state index in [2.05, 4.69) is 4.90 Å². The van der Waals surface area contributed by atoms with Gasteiger partial charge >= 0.3 is 5.97 Å². The van der Waals surface area contributed by atoms with Gasteiger partial charge in [-0.05, 0) is 56.5 Å². The first-order valence-corrected chi connectivity index (χ1v) is 8.79. The van der Waals surface area contributed by atoms with Crippen LogP contribution < -0.4 is 0 Å². The number of piperidine rings is 1. The largest absolute Gasteiger partial charge is 0.480 e. The van der Waals surface area contributed by atoms with Gasteiger partial charge in [-0.15, -0.1) is 0 Å². The minimum absolute atomic E-state index is 0.0148. The van der Waals surface area contributed by atoms with E-state index in [9.17, 15) is 14.7 Å². The van der Waals surface area contributed by atoms with Crippen LogP contribution in [0.25, 0.3) is 0 Å². The lowest BCUT2D eigenvalue weighted by Gasteiger charge is -2.40. The van der Waals surface area contributed by atoms with E-state index in [1.54, 1.807) is 4.90 Å². The Kier molecular flexibility index (Phi) is 4.92. The fraction of sp³-hybridized carbons (Fsp3) is 0.882. The Balaban J connectivity index is 1.55. The molecular formula is C17H28N2O4. The standard InChI is InChI=1S/C17H28N2O4/c1-13(20)19-12-17(10-15(19)16(21)22)4-6-18(7-5-17)11-14-2-8-23-9-3-14/h14-15H,2-12H2,1H3,(H,21,22)/t15-/m1/s1. The van der Waals surface area contributed by atoms with Crippen molar-refractivity contribution in [3.63, 3.8) is 0 Å². The Hall–Kier alpha value is -1.14. The predicted molar refractivity (Wildman–Crippen MR) is 85.1 cm³/mol. The fourth-order valence-electron chi connectivity index (χ4n) is 4.47. The number of aliphatic carboxylic acids is 1. The zero-order valence-electron chi connectivity index (χ0n) is 14.0. The number of carboxylic acids is 1. The third-order valence-electron chi connectivity index (χ3n) is 5.97. The molecule has 1 spiro atoms. The van der Waals surface area contributed by atoms with Gasteiger partial charge in [-0.3, -0.25) is 4.79 Å². The molecule has 0 aromatic carbocycles. The first kappa shape index (κ1) is 16.7. The summed E-state index contributed by atoms with van der Waals surface area (Å²) in [6.45, 7) is 7.05. The van der Waals surface area contributed by atoms with Gasteiger partial charge in [-0.1, -0.05) is 0 Å². The second-order valence-corrected chi connectivity index (χ2v) is 7.56. The summed E-state index contributed by atoms with van der Waals surface area (Å²) < 4.78 is 5.42. The van der Waals surface area contributed by atoms with Crippen LogP contribution in [0.1, 0.15) is 39.0 Å². The lowest BCUT2D eigenvalue weighted by atomic mass is 9.76. The normalized spacial score (nSPS) is 29.1. The number of nitrogens with zero attached hydrogens (tertiary/aromatic N) is 2. The van der Waals surface area contributed by atoms with Crippen molar-refractivity contribution in [1.82, 2.24) is 9.80 Å². The average Bonchev–Trinajstić information content (AvgIpc) is 2.91. The molecule has 0 aliphatic carbocycles. The lowest BCUT2D eigenvalue weighted by Crippen LogP contribution is -2.44. The van der Waals surface area contributed by atoms with Gasteiger partial charge in [0, 0.05) is 33.2 Å². The first-order chi connectivity index (χ1) is 11.0. The van der Waals surface area contributed by atoms with Crippen molar-refractivity contribution in [2.24, 2.45) is 11.3 Å². The molecule has 3 heterocycles. The third-order valence-corrected chi connectivity index (χ3v) is 5.97. The zero-order chi connectivity index (χ0) is 16.4. The van der Waals surface area contributed by atoms with E-state index >= 15 is 0 Å². The minimum Gasteiger partial charge on any atom is -0.480 e. The predicted octanol–water partition coefficient (Wildman–Crippen LogP) is 1.20. The molecule has 130 valence electrons. The molecule has 0 radical (unpaired) electrons. The van der Waals surface area contributed by atoms with Gasteiger partial charge in [0.1, 0.15) is 6.04 Å². The van der Waals surface area contributed by atoms with Crippen LogP contribution in [0.2, 0.25) is 0 Å². The summed E-state index contributed by atoms with van der Waals surface area (Å²) in [5, 5.41) is 9.40. The second kappa shape index (κ2) is 6.77. The van der Waals surface area contributed by atoms with Crippen molar-refractivity contribution >= 4 is 11.9 Å². The van der Waals surface area contributed by atoms with Gasteiger partial charge in [0.25, 0.3) is 0 Å². The summed E-state index contributed by atoms with van der Waals surface area (Å²) in [6.07, 6.45) is 4.93. The Morgan fingerprint density at radius 3 is 2.39 bits per heavy atom. The van der Waals surface area contributed by atoms with Crippen LogP contribution in [0, 0.1) is 11.3 Å². The third kappa shape index (κ3) is 3.69. The molecule has 3 aliphatic heterocycles. The zero-order valence-corrected chi connectivity index (χ0v) is 14.0. The molecule has 0 aromatic rings. The fourth-order valence-corrected chi connectivity index (χ4v) is 4.47. The van der Waals surface area contributed by atoms with Crippen LogP contribution in [-0.2, 0) is 14.3 Å². The van der Waals surface area contributed by atoms with E-state index in [0.29, 0.717) is 13.0 Å². The van der Waals surface area contributed by atoms with Crippen molar-refractivity contribution in [3.8, 4) is 0 Å². The molecule has 6 nitrogen and oxygen atoms in total. The lowest BCUT2D eigenvalue weighted by molar-refractivity contribution is -0.147. The number of carboxylic acid groups (broad SMARTS) is 1. The monoisotopic (exact) mass is 324 g/mol. The summed E-state index contributed by atoms with van der Waals surface area (Å²) in [5.74, 6) is -0.234. The molecule has 0 aromatic heterocycles. The van der Waals surface area contributed by atoms with Crippen LogP contribution in [0.15, 0.2) is 0 Å². The highest BCUT2D eigenvalue weighted by Crippen LogP contribution is 2.43. The smallest absolute Gasteiger partial charge is 0.326 e. The van der Waals surface area contributed by atoms with Crippen LogP contribution >= 0.6 is 0 Å². The van der Waals surface area contributed by atoms with Gasteiger partial charge in [0.05, 0.1) is 0 Å². The van der Waals surface area contributed by atoms with Crippen molar-refractivity contribution < 1.29 is 19.4 Å². The first-order valence-electron chi connectivity index (χ1n) is 8.79. The minimum atomic E-state index is -0.860. The van der Waals surface area contributed by atoms with Gasteiger partial charge in [-0.25, -0.2) is 4.79 Å². The maximum Gasteiger partial charge on any atom is 0.326 e. The summed E-state index contributed by atoms with van der Waals surface area (Å²) in [5.41, 5.74) is 0.0148. The van der Waals surface area contributed by atoms with E-state index in [4.69, 9.17) is 4.74 Å². The van der Waals surface area contributed by atoms with E-state index in [-0.39, 0.29) is 11.3 Å². The maximum absolute atomic E-state index is 11.8. The topological polar surface area (TPSA) is 70.1 Å². The summed E-state index contributed by atoms with van der Waals surface area (Å²) in [6, 6.07) is -0.630. The summed E-state index contributed by atoms with van der Waals surface area (Å²) in [4.78, 5) is 27.3. The van der Waals surface area contributed by atoms with Gasteiger partial charge in [0.2, 0.25) is 5.91 Å². The SMILES string of the molecule is CC(=O)N1CC2(CCN(CC3CCOCC3)CC2)C[C@@H]1C(=O)O. The van der Waals surface area contributed by atoms with Crippen LogP contribution in [0.3, 0.4) is 0 Å². The Morgan fingerprint density at radius 1 is 1.22 bits per heavy atom. The Labute approximate surface area is 137 Å². The number of ether oxygens (including phenoxy) is 1. The number of hydrogen-bond acceptors (Lipinski definition) is 4. The molecule has 1 amide bonds. The van der Waals surface area contributed by atoms with Crippen molar-refractivity contribution in [2.45, 2.75) is 45.1 Å². The van der Waals surface area contributed by atoms with Crippen LogP contribution in [0.5, 0.6) is 0 Å². The Morgan fingerprint density at radius 2 is 1.87 bits per heavy atom. The average molecular weight is 324 g/mol. The Bertz CT molecular complexity index is 430. The van der Waals surface area contributed by atoms with Gasteiger partial charge in [-0.2, -0.15) is 0 Å². The van der Waals surface area contributed by atoms with Crippen molar-refractivity contribution in [3.05, 3.63) is 0 Å². The van der Waals surface area contributed by atoms with E-state index in [1.165, 1.54) is 6.92 Å². The van der Waals surface area contributed by atoms with Crippen molar-refractivity contribution in [1.29, 1.82) is 0 Å². The highest BCUT2D eigenvalue weighted by molar-refractivity contribution is 5.83. The number of amides is 1. The molecule has 1 N–H and O–H groups in total. The van der Waals surface area contributed by atoms with E-state index in [0.717, 1.165) is 64.4 Å². The molecule has 0 saturated carbocycles. The molecule has 3 rings (SSSR count). The van der Waals surface area contributed by atoms with Gasteiger partial charge in [0.15, 0.2) is 0 Å². The van der Waals surface area contributed by atoms with E-state index in [1.807, 2.05) is 0 Å².